The number of rotatable bonds is 5. The van der Waals surface area contributed by atoms with E-state index in [0.29, 0.717) is 12.1 Å². The van der Waals surface area contributed by atoms with Crippen LogP contribution in [0.1, 0.15) is 40.5 Å². The summed E-state index contributed by atoms with van der Waals surface area (Å²) < 4.78 is 20.8. The van der Waals surface area contributed by atoms with Gasteiger partial charge < -0.3 is 9.64 Å². The van der Waals surface area contributed by atoms with Gasteiger partial charge in [-0.25, -0.2) is 9.07 Å². The lowest BCUT2D eigenvalue weighted by Crippen LogP contribution is -2.31. The average molecular weight is 380 g/mol. The molecule has 4 rings (SSSR count). The van der Waals surface area contributed by atoms with Gasteiger partial charge in [-0.15, -0.1) is 5.10 Å². The van der Waals surface area contributed by atoms with Crippen molar-refractivity contribution in [3.63, 3.8) is 0 Å². The fourth-order valence-electron chi connectivity index (χ4n) is 3.70. The van der Waals surface area contributed by atoms with E-state index >= 15 is 0 Å². The van der Waals surface area contributed by atoms with Gasteiger partial charge in [-0.3, -0.25) is 4.79 Å². The van der Waals surface area contributed by atoms with Crippen molar-refractivity contribution in [2.45, 2.75) is 25.4 Å². The first kappa shape index (κ1) is 18.2. The van der Waals surface area contributed by atoms with Crippen LogP contribution < -0.4 is 4.74 Å². The third-order valence-corrected chi connectivity index (χ3v) is 5.06. The van der Waals surface area contributed by atoms with E-state index in [1.165, 1.54) is 10.7 Å². The van der Waals surface area contributed by atoms with Gasteiger partial charge in [0.1, 0.15) is 11.6 Å². The minimum atomic E-state index is -0.304. The van der Waals surface area contributed by atoms with Gasteiger partial charge in [0.05, 0.1) is 25.9 Å². The van der Waals surface area contributed by atoms with Crippen LogP contribution in [0.15, 0.2) is 54.7 Å². The van der Waals surface area contributed by atoms with Crippen molar-refractivity contribution >= 4 is 5.91 Å². The second kappa shape index (κ2) is 7.80. The van der Waals surface area contributed by atoms with Crippen LogP contribution in [0.4, 0.5) is 4.39 Å². The molecule has 2 heterocycles. The molecule has 3 aromatic rings. The summed E-state index contributed by atoms with van der Waals surface area (Å²) in [7, 11) is 1.63. The number of aromatic nitrogens is 3. The first-order chi connectivity index (χ1) is 13.7. The summed E-state index contributed by atoms with van der Waals surface area (Å²) in [6, 6.07) is 14.2. The number of benzene rings is 2. The molecule has 0 unspecified atom stereocenters. The van der Waals surface area contributed by atoms with Gasteiger partial charge in [-0.2, -0.15) is 0 Å². The molecule has 0 aliphatic carbocycles. The van der Waals surface area contributed by atoms with Crippen molar-refractivity contribution < 1.29 is 13.9 Å². The van der Waals surface area contributed by atoms with Crippen molar-refractivity contribution in [2.24, 2.45) is 0 Å². The summed E-state index contributed by atoms with van der Waals surface area (Å²) in [5.74, 6) is 0.297. The summed E-state index contributed by atoms with van der Waals surface area (Å²) in [6.45, 7) is 0.880. The highest BCUT2D eigenvalue weighted by atomic mass is 19.1. The van der Waals surface area contributed by atoms with Crippen LogP contribution >= 0.6 is 0 Å². The van der Waals surface area contributed by atoms with Gasteiger partial charge in [-0.1, -0.05) is 41.6 Å². The predicted octanol–water partition coefficient (Wildman–Crippen LogP) is 3.45. The molecule has 0 saturated carbocycles. The smallest absolute Gasteiger partial charge is 0.276 e. The van der Waals surface area contributed by atoms with E-state index in [4.69, 9.17) is 4.74 Å². The second-order valence-electron chi connectivity index (χ2n) is 6.79. The zero-order chi connectivity index (χ0) is 19.5. The van der Waals surface area contributed by atoms with E-state index in [0.717, 1.165) is 24.2 Å². The largest absolute Gasteiger partial charge is 0.496 e. The molecule has 1 saturated heterocycles. The standard InChI is InChI=1S/C21H21FN4O2/c1-28-20-11-5-3-8-16(20)19-10-6-12-26(19)21(27)18-14-25(24-23-18)13-15-7-2-4-9-17(15)22/h2-5,7-9,11,14,19H,6,10,12-13H2,1H3/t19-/m1/s1. The van der Waals surface area contributed by atoms with E-state index in [2.05, 4.69) is 10.3 Å². The summed E-state index contributed by atoms with van der Waals surface area (Å²) in [5.41, 5.74) is 1.76. The highest BCUT2D eigenvalue weighted by molar-refractivity contribution is 5.92. The van der Waals surface area contributed by atoms with Gasteiger partial charge in [0.2, 0.25) is 0 Å². The Morgan fingerprint density at radius 2 is 2.00 bits per heavy atom. The molecule has 0 N–H and O–H groups in total. The van der Waals surface area contributed by atoms with Crippen molar-refractivity contribution in [1.82, 2.24) is 19.9 Å². The average Bonchev–Trinajstić information content (AvgIpc) is 3.39. The Morgan fingerprint density at radius 3 is 2.82 bits per heavy atom. The maximum absolute atomic E-state index is 13.8. The second-order valence-corrected chi connectivity index (χ2v) is 6.79. The quantitative estimate of drug-likeness (QED) is 0.680. The zero-order valence-corrected chi connectivity index (χ0v) is 15.6. The number of hydrogen-bond acceptors (Lipinski definition) is 4. The Hall–Kier alpha value is -3.22. The SMILES string of the molecule is COc1ccccc1[C@H]1CCCN1C(=O)c1cn(Cc2ccccc2F)nn1. The summed E-state index contributed by atoms with van der Waals surface area (Å²) in [4.78, 5) is 14.9. The Morgan fingerprint density at radius 1 is 1.21 bits per heavy atom. The van der Waals surface area contributed by atoms with Crippen molar-refractivity contribution in [2.75, 3.05) is 13.7 Å². The van der Waals surface area contributed by atoms with Gasteiger partial charge >= 0.3 is 0 Å². The molecule has 1 aliphatic heterocycles. The Kier molecular flexibility index (Phi) is 5.06. The number of methoxy groups -OCH3 is 1. The molecule has 1 amide bonds. The van der Waals surface area contributed by atoms with Crippen LogP contribution in [0.5, 0.6) is 5.75 Å². The molecule has 2 aromatic carbocycles. The number of carbonyl (C=O) groups excluding carboxylic acids is 1. The van der Waals surface area contributed by atoms with E-state index < -0.39 is 0 Å². The van der Waals surface area contributed by atoms with E-state index in [9.17, 15) is 9.18 Å². The summed E-state index contributed by atoms with van der Waals surface area (Å²) >= 11 is 0. The number of amides is 1. The van der Waals surface area contributed by atoms with Gasteiger partial charge in [0, 0.05) is 17.7 Å². The lowest BCUT2D eigenvalue weighted by molar-refractivity contribution is 0.0728. The molecule has 1 aromatic heterocycles. The van der Waals surface area contributed by atoms with Gasteiger partial charge in [-0.05, 0) is 25.0 Å². The van der Waals surface area contributed by atoms with Crippen LogP contribution in [0, 0.1) is 5.82 Å². The maximum atomic E-state index is 13.8. The highest BCUT2D eigenvalue weighted by Crippen LogP contribution is 2.37. The summed E-state index contributed by atoms with van der Waals surface area (Å²) in [6.07, 6.45) is 3.36. The third-order valence-electron chi connectivity index (χ3n) is 5.06. The van der Waals surface area contributed by atoms with Crippen LogP contribution in [-0.4, -0.2) is 39.5 Å². The van der Waals surface area contributed by atoms with Gasteiger partial charge in [0.25, 0.3) is 5.91 Å². The molecule has 28 heavy (non-hydrogen) atoms. The fourth-order valence-corrected chi connectivity index (χ4v) is 3.70. The number of carbonyl (C=O) groups is 1. The first-order valence-corrected chi connectivity index (χ1v) is 9.25. The molecule has 6 nitrogen and oxygen atoms in total. The number of hydrogen-bond donors (Lipinski definition) is 0. The van der Waals surface area contributed by atoms with E-state index in [1.807, 2.05) is 29.2 Å². The van der Waals surface area contributed by atoms with Crippen LogP contribution in [0.25, 0.3) is 0 Å². The molecular formula is C21H21FN4O2. The number of likely N-dealkylation sites (tertiary alicyclic amines) is 1. The van der Waals surface area contributed by atoms with Crippen molar-refractivity contribution in [3.8, 4) is 5.75 Å². The Bertz CT molecular complexity index is 988. The van der Waals surface area contributed by atoms with Crippen molar-refractivity contribution in [3.05, 3.63) is 77.4 Å². The third kappa shape index (κ3) is 3.47. The number of para-hydroxylation sites is 1. The molecule has 1 aliphatic rings. The minimum absolute atomic E-state index is 0.0552. The minimum Gasteiger partial charge on any atom is -0.496 e. The maximum Gasteiger partial charge on any atom is 0.276 e. The number of nitrogens with zero attached hydrogens (tertiary/aromatic N) is 4. The first-order valence-electron chi connectivity index (χ1n) is 9.25. The number of ether oxygens (including phenoxy) is 1. The molecular weight excluding hydrogens is 359 g/mol. The molecule has 144 valence electrons. The van der Waals surface area contributed by atoms with Crippen LogP contribution in [0.3, 0.4) is 0 Å². The van der Waals surface area contributed by atoms with E-state index in [-0.39, 0.29) is 30.0 Å². The zero-order valence-electron chi connectivity index (χ0n) is 15.6. The predicted molar refractivity (Wildman–Crippen MR) is 102 cm³/mol. The van der Waals surface area contributed by atoms with Gasteiger partial charge in [0.15, 0.2) is 5.69 Å². The lowest BCUT2D eigenvalue weighted by atomic mass is 10.0. The van der Waals surface area contributed by atoms with Crippen LogP contribution in [-0.2, 0) is 6.54 Å². The molecule has 7 heteroatoms. The van der Waals surface area contributed by atoms with E-state index in [1.54, 1.807) is 31.5 Å². The van der Waals surface area contributed by atoms with Crippen molar-refractivity contribution in [1.29, 1.82) is 0 Å². The Labute approximate surface area is 162 Å². The molecule has 1 fully saturated rings. The summed E-state index contributed by atoms with van der Waals surface area (Å²) in [5, 5.41) is 8.03. The topological polar surface area (TPSA) is 60.2 Å². The molecule has 0 radical (unpaired) electrons. The van der Waals surface area contributed by atoms with Crippen LogP contribution in [0.2, 0.25) is 0 Å². The fraction of sp³-hybridized carbons (Fsp3) is 0.286. The molecule has 0 spiro atoms. The Balaban J connectivity index is 1.54. The molecule has 1 atom stereocenters. The highest BCUT2D eigenvalue weighted by Gasteiger charge is 2.33. The number of halogens is 1. The lowest BCUT2D eigenvalue weighted by Gasteiger charge is -2.25. The normalized spacial score (nSPS) is 16.4. The molecule has 0 bridgehead atoms. The monoisotopic (exact) mass is 380 g/mol.